The summed E-state index contributed by atoms with van der Waals surface area (Å²) in [5.74, 6) is -1.27. The number of halogens is 3. The lowest BCUT2D eigenvalue weighted by Gasteiger charge is -2.13. The van der Waals surface area contributed by atoms with Gasteiger partial charge in [0, 0.05) is 17.0 Å². The van der Waals surface area contributed by atoms with Gasteiger partial charge in [-0.15, -0.1) is 0 Å². The predicted octanol–water partition coefficient (Wildman–Crippen LogP) is 4.31. The molecule has 100 valence electrons. The summed E-state index contributed by atoms with van der Waals surface area (Å²) in [6.45, 7) is 1.95. The molecule has 0 aliphatic rings. The molecule has 0 aromatic heterocycles. The monoisotopic (exact) mass is 326 g/mol. The first-order valence-corrected chi connectivity index (χ1v) is 6.64. The average molecular weight is 327 g/mol. The summed E-state index contributed by atoms with van der Waals surface area (Å²) in [4.78, 5) is 0. The smallest absolute Gasteiger partial charge is 0.126 e. The Morgan fingerprint density at radius 3 is 2.32 bits per heavy atom. The maximum Gasteiger partial charge on any atom is 0.126 e. The van der Waals surface area contributed by atoms with Crippen molar-refractivity contribution >= 4 is 15.9 Å². The third-order valence-electron chi connectivity index (χ3n) is 2.87. The second kappa shape index (κ2) is 5.80. The van der Waals surface area contributed by atoms with E-state index in [0.717, 1.165) is 16.1 Å². The van der Waals surface area contributed by atoms with Gasteiger partial charge in [0.25, 0.3) is 0 Å². The topological polar surface area (TPSA) is 20.2 Å². The van der Waals surface area contributed by atoms with Gasteiger partial charge in [-0.05, 0) is 41.8 Å². The molecule has 0 aliphatic carbocycles. The fourth-order valence-electron chi connectivity index (χ4n) is 1.96. The van der Waals surface area contributed by atoms with Crippen LogP contribution < -0.4 is 0 Å². The third-order valence-corrected chi connectivity index (χ3v) is 3.55. The van der Waals surface area contributed by atoms with Gasteiger partial charge in [-0.2, -0.15) is 0 Å². The van der Waals surface area contributed by atoms with Crippen LogP contribution in [0.4, 0.5) is 8.78 Å². The second-order valence-electron chi connectivity index (χ2n) is 4.52. The predicted molar refractivity (Wildman–Crippen MR) is 73.9 cm³/mol. The molecule has 0 fully saturated rings. The van der Waals surface area contributed by atoms with Crippen molar-refractivity contribution in [1.29, 1.82) is 0 Å². The standard InChI is InChI=1S/C15H13BrF2O/c1-9-2-3-13(14(16)4-9)15(19)7-10-5-11(17)8-12(18)6-10/h2-6,8,15,19H,7H2,1H3. The Labute approximate surface area is 119 Å². The molecule has 0 bridgehead atoms. The molecular weight excluding hydrogens is 314 g/mol. The highest BCUT2D eigenvalue weighted by Gasteiger charge is 2.13. The molecule has 0 aliphatic heterocycles. The molecule has 2 aromatic carbocycles. The van der Waals surface area contributed by atoms with E-state index in [1.807, 2.05) is 19.1 Å². The summed E-state index contributed by atoms with van der Waals surface area (Å²) in [6, 6.07) is 8.86. The zero-order valence-electron chi connectivity index (χ0n) is 10.3. The first-order valence-electron chi connectivity index (χ1n) is 5.85. The van der Waals surface area contributed by atoms with E-state index in [1.165, 1.54) is 12.1 Å². The minimum Gasteiger partial charge on any atom is -0.388 e. The van der Waals surface area contributed by atoms with Crippen molar-refractivity contribution in [3.63, 3.8) is 0 Å². The van der Waals surface area contributed by atoms with Crippen molar-refractivity contribution in [2.45, 2.75) is 19.4 Å². The number of hydrogen-bond acceptors (Lipinski definition) is 1. The van der Waals surface area contributed by atoms with Gasteiger partial charge in [0.1, 0.15) is 11.6 Å². The summed E-state index contributed by atoms with van der Waals surface area (Å²) in [5.41, 5.74) is 2.20. The summed E-state index contributed by atoms with van der Waals surface area (Å²) in [7, 11) is 0. The molecule has 19 heavy (non-hydrogen) atoms. The van der Waals surface area contributed by atoms with Crippen LogP contribution in [0.3, 0.4) is 0 Å². The average Bonchev–Trinajstić information content (AvgIpc) is 2.26. The van der Waals surface area contributed by atoms with E-state index in [4.69, 9.17) is 0 Å². The van der Waals surface area contributed by atoms with E-state index < -0.39 is 17.7 Å². The largest absolute Gasteiger partial charge is 0.388 e. The van der Waals surface area contributed by atoms with Crippen LogP contribution in [0.1, 0.15) is 22.8 Å². The lowest BCUT2D eigenvalue weighted by atomic mass is 10.0. The maximum absolute atomic E-state index is 13.1. The first kappa shape index (κ1) is 14.2. The molecule has 0 spiro atoms. The van der Waals surface area contributed by atoms with Gasteiger partial charge in [0.05, 0.1) is 6.10 Å². The minimum atomic E-state index is -0.809. The maximum atomic E-state index is 13.1. The minimum absolute atomic E-state index is 0.163. The van der Waals surface area contributed by atoms with Crippen LogP contribution in [-0.4, -0.2) is 5.11 Å². The van der Waals surface area contributed by atoms with Crippen molar-refractivity contribution in [2.24, 2.45) is 0 Å². The third kappa shape index (κ3) is 3.61. The number of benzene rings is 2. The van der Waals surface area contributed by atoms with Gasteiger partial charge in [-0.25, -0.2) is 8.78 Å². The van der Waals surface area contributed by atoms with E-state index in [9.17, 15) is 13.9 Å². The van der Waals surface area contributed by atoms with Gasteiger partial charge in [0.2, 0.25) is 0 Å². The van der Waals surface area contributed by atoms with Crippen LogP contribution in [0.2, 0.25) is 0 Å². The van der Waals surface area contributed by atoms with Crippen molar-refractivity contribution in [2.75, 3.05) is 0 Å². The van der Waals surface area contributed by atoms with E-state index in [1.54, 1.807) is 6.07 Å². The van der Waals surface area contributed by atoms with Crippen LogP contribution >= 0.6 is 15.9 Å². The highest BCUT2D eigenvalue weighted by Crippen LogP contribution is 2.27. The van der Waals surface area contributed by atoms with Crippen molar-refractivity contribution < 1.29 is 13.9 Å². The van der Waals surface area contributed by atoms with E-state index >= 15 is 0 Å². The Morgan fingerprint density at radius 1 is 1.11 bits per heavy atom. The van der Waals surface area contributed by atoms with Gasteiger partial charge >= 0.3 is 0 Å². The lowest BCUT2D eigenvalue weighted by Crippen LogP contribution is -2.03. The SMILES string of the molecule is Cc1ccc(C(O)Cc2cc(F)cc(F)c2)c(Br)c1. The number of aryl methyl sites for hydroxylation is 1. The Bertz CT molecular complexity index is 578. The zero-order valence-corrected chi connectivity index (χ0v) is 11.9. The molecule has 1 unspecified atom stereocenters. The van der Waals surface area contributed by atoms with Crippen molar-refractivity contribution in [3.8, 4) is 0 Å². The molecule has 2 aromatic rings. The number of rotatable bonds is 3. The van der Waals surface area contributed by atoms with Crippen LogP contribution in [0.15, 0.2) is 40.9 Å². The normalized spacial score (nSPS) is 12.5. The van der Waals surface area contributed by atoms with Crippen LogP contribution in [0, 0.1) is 18.6 Å². The second-order valence-corrected chi connectivity index (χ2v) is 5.38. The quantitative estimate of drug-likeness (QED) is 0.891. The van der Waals surface area contributed by atoms with Gasteiger partial charge < -0.3 is 5.11 Å². The molecule has 1 N–H and O–H groups in total. The number of aliphatic hydroxyl groups excluding tert-OH is 1. The van der Waals surface area contributed by atoms with E-state index in [0.29, 0.717) is 11.1 Å². The molecule has 1 atom stereocenters. The van der Waals surface area contributed by atoms with E-state index in [-0.39, 0.29) is 6.42 Å². The summed E-state index contributed by atoms with van der Waals surface area (Å²) in [5, 5.41) is 10.2. The molecular formula is C15H13BrF2O. The Kier molecular flexibility index (Phi) is 4.32. The first-order chi connectivity index (χ1) is 8.95. The fourth-order valence-corrected chi connectivity index (χ4v) is 2.72. The van der Waals surface area contributed by atoms with Crippen LogP contribution in [0.5, 0.6) is 0 Å². The highest BCUT2D eigenvalue weighted by atomic mass is 79.9. The molecule has 0 saturated carbocycles. The lowest BCUT2D eigenvalue weighted by molar-refractivity contribution is 0.177. The summed E-state index contributed by atoms with van der Waals surface area (Å²) >= 11 is 3.38. The zero-order chi connectivity index (χ0) is 14.0. The summed E-state index contributed by atoms with van der Waals surface area (Å²) < 4.78 is 27.0. The van der Waals surface area contributed by atoms with Crippen molar-refractivity contribution in [3.05, 3.63) is 69.2 Å². The molecule has 0 heterocycles. The molecule has 1 nitrogen and oxygen atoms in total. The molecule has 0 amide bonds. The Hall–Kier alpha value is -1.26. The fraction of sp³-hybridized carbons (Fsp3) is 0.200. The number of hydrogen-bond donors (Lipinski definition) is 1. The van der Waals surface area contributed by atoms with Crippen LogP contribution in [-0.2, 0) is 6.42 Å². The van der Waals surface area contributed by atoms with Gasteiger partial charge in [-0.3, -0.25) is 0 Å². The van der Waals surface area contributed by atoms with Gasteiger partial charge in [0.15, 0.2) is 0 Å². The van der Waals surface area contributed by atoms with E-state index in [2.05, 4.69) is 15.9 Å². The molecule has 4 heteroatoms. The molecule has 0 saturated heterocycles. The number of aliphatic hydroxyl groups is 1. The van der Waals surface area contributed by atoms with Gasteiger partial charge in [-0.1, -0.05) is 28.1 Å². The Balaban J connectivity index is 2.22. The van der Waals surface area contributed by atoms with Crippen LogP contribution in [0.25, 0.3) is 0 Å². The van der Waals surface area contributed by atoms with Crippen molar-refractivity contribution in [1.82, 2.24) is 0 Å². The molecule has 0 radical (unpaired) electrons. The molecule has 2 rings (SSSR count). The Morgan fingerprint density at radius 2 is 1.74 bits per heavy atom. The summed E-state index contributed by atoms with van der Waals surface area (Å²) in [6.07, 6.45) is -0.646. The highest BCUT2D eigenvalue weighted by molar-refractivity contribution is 9.10.